The molecule has 5 nitrogen and oxygen atoms in total. The Hall–Kier alpha value is -2.47. The third-order valence-electron chi connectivity index (χ3n) is 3.48. The number of ether oxygens (including phenoxy) is 1. The van der Waals surface area contributed by atoms with E-state index in [1.807, 2.05) is 0 Å². The van der Waals surface area contributed by atoms with Crippen LogP contribution in [0.1, 0.15) is 17.2 Å². The van der Waals surface area contributed by atoms with Gasteiger partial charge in [0.15, 0.2) is 11.6 Å². The third-order valence-corrected chi connectivity index (χ3v) is 3.48. The Balaban J connectivity index is 2.15. The van der Waals surface area contributed by atoms with E-state index in [-0.39, 0.29) is 17.6 Å². The molecule has 0 aliphatic rings. The van der Waals surface area contributed by atoms with E-state index in [1.54, 1.807) is 54.5 Å². The second-order valence-corrected chi connectivity index (χ2v) is 4.59. The lowest BCUT2D eigenvalue weighted by molar-refractivity contribution is 0.382. The number of rotatable bonds is 4. The standard InChI is InChI=1S/C15H15FN4O/c1-17-15(10-4-3-5-13(21-2)14(10)16)11-8-19-20-7-6-18-9-12(11)20/h3-9,15,17H,1-2H3. The summed E-state index contributed by atoms with van der Waals surface area (Å²) in [6, 6.07) is 4.77. The third kappa shape index (κ3) is 2.23. The molecule has 21 heavy (non-hydrogen) atoms. The van der Waals surface area contributed by atoms with E-state index in [4.69, 9.17) is 4.74 Å². The Labute approximate surface area is 121 Å². The van der Waals surface area contributed by atoms with Crippen LogP contribution in [0.3, 0.4) is 0 Å². The second kappa shape index (κ2) is 5.49. The van der Waals surface area contributed by atoms with Crippen molar-refractivity contribution in [2.75, 3.05) is 14.2 Å². The van der Waals surface area contributed by atoms with Crippen LogP contribution in [0.4, 0.5) is 4.39 Å². The maximum Gasteiger partial charge on any atom is 0.170 e. The number of methoxy groups -OCH3 is 1. The first-order valence-corrected chi connectivity index (χ1v) is 6.53. The maximum absolute atomic E-state index is 14.5. The van der Waals surface area contributed by atoms with Gasteiger partial charge in [-0.25, -0.2) is 8.91 Å². The van der Waals surface area contributed by atoms with Crippen LogP contribution in [0, 0.1) is 5.82 Å². The average molecular weight is 286 g/mol. The lowest BCUT2D eigenvalue weighted by atomic mass is 9.99. The van der Waals surface area contributed by atoms with E-state index >= 15 is 0 Å². The number of fused-ring (bicyclic) bond motifs is 1. The predicted molar refractivity (Wildman–Crippen MR) is 76.8 cm³/mol. The van der Waals surface area contributed by atoms with E-state index in [2.05, 4.69) is 15.4 Å². The first kappa shape index (κ1) is 13.5. The lowest BCUT2D eigenvalue weighted by Crippen LogP contribution is -2.19. The van der Waals surface area contributed by atoms with Crippen LogP contribution in [0.2, 0.25) is 0 Å². The van der Waals surface area contributed by atoms with Crippen molar-refractivity contribution in [2.45, 2.75) is 6.04 Å². The topological polar surface area (TPSA) is 51.5 Å². The van der Waals surface area contributed by atoms with Crippen LogP contribution in [0.5, 0.6) is 5.75 Å². The van der Waals surface area contributed by atoms with Crippen molar-refractivity contribution < 1.29 is 9.13 Å². The predicted octanol–water partition coefficient (Wildman–Crippen LogP) is 2.19. The molecule has 2 aromatic heterocycles. The number of benzene rings is 1. The number of hydrogen-bond donors (Lipinski definition) is 1. The molecule has 1 N–H and O–H groups in total. The second-order valence-electron chi connectivity index (χ2n) is 4.59. The zero-order chi connectivity index (χ0) is 14.8. The molecule has 6 heteroatoms. The van der Waals surface area contributed by atoms with Gasteiger partial charge in [-0.05, 0) is 13.1 Å². The molecule has 0 spiro atoms. The molecule has 0 aliphatic carbocycles. The highest BCUT2D eigenvalue weighted by Crippen LogP contribution is 2.30. The summed E-state index contributed by atoms with van der Waals surface area (Å²) in [6.45, 7) is 0. The highest BCUT2D eigenvalue weighted by atomic mass is 19.1. The quantitative estimate of drug-likeness (QED) is 0.798. The van der Waals surface area contributed by atoms with Gasteiger partial charge in [0.2, 0.25) is 0 Å². The van der Waals surface area contributed by atoms with Crippen molar-refractivity contribution >= 4 is 5.52 Å². The summed E-state index contributed by atoms with van der Waals surface area (Å²) >= 11 is 0. The molecule has 0 aliphatic heterocycles. The Kier molecular flexibility index (Phi) is 3.53. The van der Waals surface area contributed by atoms with Gasteiger partial charge in [0.1, 0.15) is 0 Å². The van der Waals surface area contributed by atoms with E-state index < -0.39 is 0 Å². The molecular formula is C15H15FN4O. The fraction of sp³-hybridized carbons (Fsp3) is 0.200. The van der Waals surface area contributed by atoms with Crippen molar-refractivity contribution in [1.82, 2.24) is 19.9 Å². The van der Waals surface area contributed by atoms with Crippen molar-refractivity contribution in [2.24, 2.45) is 0 Å². The minimum absolute atomic E-state index is 0.224. The highest BCUT2D eigenvalue weighted by molar-refractivity contribution is 5.56. The van der Waals surface area contributed by atoms with Gasteiger partial charge in [-0.2, -0.15) is 5.10 Å². The molecule has 1 aromatic carbocycles. The molecule has 108 valence electrons. The molecular weight excluding hydrogens is 271 g/mol. The molecule has 0 amide bonds. The van der Waals surface area contributed by atoms with Crippen LogP contribution >= 0.6 is 0 Å². The molecule has 0 radical (unpaired) electrons. The fourth-order valence-electron chi connectivity index (χ4n) is 2.46. The average Bonchev–Trinajstić information content (AvgIpc) is 2.94. The SMILES string of the molecule is CNC(c1cccc(OC)c1F)c1cnn2ccncc12. The summed E-state index contributed by atoms with van der Waals surface area (Å²) < 4.78 is 21.3. The Morgan fingerprint density at radius 2 is 2.14 bits per heavy atom. The zero-order valence-corrected chi connectivity index (χ0v) is 11.7. The van der Waals surface area contributed by atoms with Crippen molar-refractivity contribution in [3.05, 3.63) is 59.9 Å². The summed E-state index contributed by atoms with van der Waals surface area (Å²) in [5.74, 6) is -0.148. The summed E-state index contributed by atoms with van der Waals surface area (Å²) in [5.41, 5.74) is 2.20. The number of halogens is 1. The van der Waals surface area contributed by atoms with Crippen molar-refractivity contribution in [3.63, 3.8) is 0 Å². The molecule has 2 heterocycles. The molecule has 0 saturated carbocycles. The van der Waals surface area contributed by atoms with E-state index in [0.29, 0.717) is 5.56 Å². The fourth-order valence-corrected chi connectivity index (χ4v) is 2.46. The van der Waals surface area contributed by atoms with Crippen molar-refractivity contribution in [1.29, 1.82) is 0 Å². The Bertz CT molecular complexity index is 771. The van der Waals surface area contributed by atoms with Crippen LogP contribution < -0.4 is 10.1 Å². The van der Waals surface area contributed by atoms with Crippen LogP contribution in [0.25, 0.3) is 5.52 Å². The normalized spacial score (nSPS) is 12.5. The number of aromatic nitrogens is 3. The summed E-state index contributed by atoms with van der Waals surface area (Å²) in [7, 11) is 3.24. The zero-order valence-electron chi connectivity index (χ0n) is 11.7. The molecule has 3 rings (SSSR count). The first-order chi connectivity index (χ1) is 10.3. The monoisotopic (exact) mass is 286 g/mol. The summed E-state index contributed by atoms with van der Waals surface area (Å²) in [6.07, 6.45) is 6.85. The van der Waals surface area contributed by atoms with Gasteiger partial charge in [0.05, 0.1) is 31.1 Å². The largest absolute Gasteiger partial charge is 0.494 e. The number of nitrogens with zero attached hydrogens (tertiary/aromatic N) is 3. The maximum atomic E-state index is 14.5. The smallest absolute Gasteiger partial charge is 0.170 e. The van der Waals surface area contributed by atoms with Crippen LogP contribution in [0.15, 0.2) is 43.0 Å². The highest BCUT2D eigenvalue weighted by Gasteiger charge is 2.22. The minimum Gasteiger partial charge on any atom is -0.494 e. The summed E-state index contributed by atoms with van der Waals surface area (Å²) in [5, 5.41) is 7.40. The molecule has 0 fully saturated rings. The lowest BCUT2D eigenvalue weighted by Gasteiger charge is -2.17. The van der Waals surface area contributed by atoms with E-state index in [1.165, 1.54) is 7.11 Å². The van der Waals surface area contributed by atoms with E-state index in [9.17, 15) is 4.39 Å². The number of nitrogens with one attached hydrogen (secondary N) is 1. The van der Waals surface area contributed by atoms with Crippen LogP contribution in [-0.2, 0) is 0 Å². The van der Waals surface area contributed by atoms with Gasteiger partial charge in [-0.15, -0.1) is 0 Å². The molecule has 1 unspecified atom stereocenters. The molecule has 0 saturated heterocycles. The van der Waals surface area contributed by atoms with Gasteiger partial charge >= 0.3 is 0 Å². The minimum atomic E-state index is -0.373. The van der Waals surface area contributed by atoms with Crippen LogP contribution in [-0.4, -0.2) is 28.8 Å². The van der Waals surface area contributed by atoms with Gasteiger partial charge < -0.3 is 10.1 Å². The van der Waals surface area contributed by atoms with Gasteiger partial charge in [-0.1, -0.05) is 12.1 Å². The summed E-state index contributed by atoms with van der Waals surface area (Å²) in [4.78, 5) is 4.11. The molecule has 0 bridgehead atoms. The Morgan fingerprint density at radius 1 is 1.29 bits per heavy atom. The number of hydrogen-bond acceptors (Lipinski definition) is 4. The van der Waals surface area contributed by atoms with Crippen molar-refractivity contribution in [3.8, 4) is 5.75 Å². The molecule has 1 atom stereocenters. The molecule has 3 aromatic rings. The van der Waals surface area contributed by atoms with Gasteiger partial charge in [0.25, 0.3) is 0 Å². The van der Waals surface area contributed by atoms with Gasteiger partial charge in [0, 0.05) is 23.5 Å². The van der Waals surface area contributed by atoms with Gasteiger partial charge in [-0.3, -0.25) is 4.98 Å². The first-order valence-electron chi connectivity index (χ1n) is 6.53. The Morgan fingerprint density at radius 3 is 2.90 bits per heavy atom. The van der Waals surface area contributed by atoms with E-state index in [0.717, 1.165) is 11.1 Å².